The number of halogens is 4. The van der Waals surface area contributed by atoms with Crippen LogP contribution in [0.15, 0.2) is 182 Å². The third-order valence-corrected chi connectivity index (χ3v) is 12.4. The second-order valence-electron chi connectivity index (χ2n) is 19.3. The fraction of sp³-hybridized carbons (Fsp3) is 0.133. The molecule has 10 aromatic carbocycles. The maximum absolute atomic E-state index is 14.1. The molecule has 0 saturated heterocycles. The molecule has 10 rings (SSSR count). The van der Waals surface area contributed by atoms with Gasteiger partial charge in [0.2, 0.25) is 0 Å². The minimum atomic E-state index is -0.715. The SMILES string of the molecule is CC(C)(C)c1ccc(N(c2ccc(Oc3cc(F)cc(F)c3)cc2)c2ccc3ccc4c(N(c5ccc(Oc6cc(F)cc(F)c6)cc5)c5ccc(C(C)(C)C)cc5)ccc5ccc2c3c54)cc1. The molecule has 0 N–H and O–H groups in total. The van der Waals surface area contributed by atoms with E-state index in [1.54, 1.807) is 24.3 Å². The molecule has 338 valence electrons. The normalized spacial score (nSPS) is 12.0. The van der Waals surface area contributed by atoms with Crippen LogP contribution in [-0.2, 0) is 10.8 Å². The van der Waals surface area contributed by atoms with Gasteiger partial charge in [-0.05, 0) is 128 Å². The maximum Gasteiger partial charge on any atom is 0.133 e. The zero-order valence-corrected chi connectivity index (χ0v) is 38.5. The minimum absolute atomic E-state index is 0.0503. The summed E-state index contributed by atoms with van der Waals surface area (Å²) >= 11 is 0. The van der Waals surface area contributed by atoms with E-state index in [0.29, 0.717) is 11.5 Å². The summed E-state index contributed by atoms with van der Waals surface area (Å²) in [5.74, 6) is -1.85. The monoisotopic (exact) mass is 904 g/mol. The van der Waals surface area contributed by atoms with Crippen molar-refractivity contribution < 1.29 is 27.0 Å². The van der Waals surface area contributed by atoms with Crippen molar-refractivity contribution in [1.82, 2.24) is 0 Å². The lowest BCUT2D eigenvalue weighted by Crippen LogP contribution is -2.14. The molecule has 0 atom stereocenters. The number of hydrogen-bond donors (Lipinski definition) is 0. The zero-order valence-electron chi connectivity index (χ0n) is 38.5. The predicted molar refractivity (Wildman–Crippen MR) is 270 cm³/mol. The number of benzene rings is 10. The van der Waals surface area contributed by atoms with Gasteiger partial charge in [0, 0.05) is 69.9 Å². The third kappa shape index (κ3) is 8.66. The van der Waals surface area contributed by atoms with Crippen molar-refractivity contribution >= 4 is 66.4 Å². The molecule has 10 aromatic rings. The van der Waals surface area contributed by atoms with Gasteiger partial charge in [-0.1, -0.05) is 102 Å². The quantitative estimate of drug-likeness (QED) is 0.101. The van der Waals surface area contributed by atoms with Crippen molar-refractivity contribution in [3.8, 4) is 23.0 Å². The van der Waals surface area contributed by atoms with Gasteiger partial charge < -0.3 is 19.3 Å². The summed E-state index contributed by atoms with van der Waals surface area (Å²) < 4.78 is 68.1. The standard InChI is InChI=1S/C60H48F4N2O2/c1-59(2,3)39-11-15-45(16-12-39)65(47-19-23-49(24-20-47)67-51-33-41(61)31-42(62)34-51)55-29-9-37-8-28-54-56(30-10-38-7-27-53(55)57(37)58(38)54)66(46-17-13-40(14-18-46)60(4,5)6)48-21-25-50(26-22-48)68-52-35-43(63)32-44(64)36-52/h7-36H,1-6H3. The highest BCUT2D eigenvalue weighted by molar-refractivity contribution is 6.28. The summed E-state index contributed by atoms with van der Waals surface area (Å²) in [6, 6.07) is 55.9. The van der Waals surface area contributed by atoms with Crippen molar-refractivity contribution in [3.63, 3.8) is 0 Å². The van der Waals surface area contributed by atoms with E-state index in [4.69, 9.17) is 9.47 Å². The van der Waals surface area contributed by atoms with Crippen molar-refractivity contribution in [2.45, 2.75) is 52.4 Å². The lowest BCUT2D eigenvalue weighted by Gasteiger charge is -2.30. The van der Waals surface area contributed by atoms with Gasteiger partial charge in [-0.2, -0.15) is 0 Å². The van der Waals surface area contributed by atoms with E-state index >= 15 is 0 Å². The molecule has 0 saturated carbocycles. The molecule has 0 bridgehead atoms. The Balaban J connectivity index is 1.11. The Morgan fingerprint density at radius 2 is 0.618 bits per heavy atom. The van der Waals surface area contributed by atoms with Crippen LogP contribution in [0.25, 0.3) is 32.3 Å². The first kappa shape index (κ1) is 44.0. The molecule has 0 aliphatic carbocycles. The van der Waals surface area contributed by atoms with E-state index in [1.165, 1.54) is 11.1 Å². The van der Waals surface area contributed by atoms with E-state index in [1.807, 2.05) is 24.3 Å². The van der Waals surface area contributed by atoms with Gasteiger partial charge in [0.15, 0.2) is 0 Å². The van der Waals surface area contributed by atoms with Crippen LogP contribution < -0.4 is 19.3 Å². The predicted octanol–water partition coefficient (Wildman–Crippen LogP) is 18.3. The van der Waals surface area contributed by atoms with Gasteiger partial charge in [0.1, 0.15) is 46.3 Å². The fourth-order valence-corrected chi connectivity index (χ4v) is 9.01. The average Bonchev–Trinajstić information content (AvgIpc) is 3.29. The van der Waals surface area contributed by atoms with E-state index in [-0.39, 0.29) is 22.3 Å². The van der Waals surface area contributed by atoms with Gasteiger partial charge in [0.05, 0.1) is 11.4 Å². The van der Waals surface area contributed by atoms with Crippen molar-refractivity contribution in [2.75, 3.05) is 9.80 Å². The Morgan fingerprint density at radius 3 is 0.926 bits per heavy atom. The molecular weight excluding hydrogens is 857 g/mol. The summed E-state index contributed by atoms with van der Waals surface area (Å²) in [4.78, 5) is 4.46. The number of anilines is 6. The first-order valence-corrected chi connectivity index (χ1v) is 22.6. The van der Waals surface area contributed by atoms with Crippen LogP contribution in [-0.4, -0.2) is 0 Å². The minimum Gasteiger partial charge on any atom is -0.457 e. The summed E-state index contributed by atoms with van der Waals surface area (Å²) in [6.45, 7) is 13.2. The molecule has 4 nitrogen and oxygen atoms in total. The van der Waals surface area contributed by atoms with Crippen LogP contribution >= 0.6 is 0 Å². The van der Waals surface area contributed by atoms with Crippen LogP contribution in [0.1, 0.15) is 52.7 Å². The van der Waals surface area contributed by atoms with E-state index in [9.17, 15) is 17.6 Å². The second kappa shape index (κ2) is 17.1. The molecule has 0 unspecified atom stereocenters. The van der Waals surface area contributed by atoms with E-state index < -0.39 is 23.3 Å². The molecular formula is C60H48F4N2O2. The van der Waals surface area contributed by atoms with Crippen LogP contribution in [0.4, 0.5) is 51.7 Å². The summed E-state index contributed by atoms with van der Waals surface area (Å²) in [7, 11) is 0. The summed E-state index contributed by atoms with van der Waals surface area (Å²) in [5.41, 5.74) is 7.87. The topological polar surface area (TPSA) is 24.9 Å². The van der Waals surface area contributed by atoms with E-state index in [0.717, 1.165) is 103 Å². The van der Waals surface area contributed by atoms with Gasteiger partial charge in [0.25, 0.3) is 0 Å². The van der Waals surface area contributed by atoms with Crippen LogP contribution in [0.2, 0.25) is 0 Å². The number of ether oxygens (including phenoxy) is 2. The largest absolute Gasteiger partial charge is 0.457 e. The van der Waals surface area contributed by atoms with Crippen molar-refractivity contribution in [2.24, 2.45) is 0 Å². The van der Waals surface area contributed by atoms with Gasteiger partial charge in [-0.3, -0.25) is 0 Å². The Morgan fingerprint density at radius 1 is 0.324 bits per heavy atom. The summed E-state index contributed by atoms with van der Waals surface area (Å²) in [6.07, 6.45) is 0. The van der Waals surface area contributed by atoms with Crippen LogP contribution in [0.3, 0.4) is 0 Å². The zero-order chi connectivity index (χ0) is 47.5. The molecule has 0 aromatic heterocycles. The Labute approximate surface area is 393 Å². The molecule has 0 amide bonds. The van der Waals surface area contributed by atoms with E-state index in [2.05, 4.69) is 148 Å². The molecule has 0 heterocycles. The van der Waals surface area contributed by atoms with Crippen molar-refractivity contribution in [3.05, 3.63) is 216 Å². The molecule has 0 radical (unpaired) electrons. The van der Waals surface area contributed by atoms with Gasteiger partial charge >= 0.3 is 0 Å². The highest BCUT2D eigenvalue weighted by atomic mass is 19.1. The number of nitrogens with zero attached hydrogens (tertiary/aromatic N) is 2. The second-order valence-corrected chi connectivity index (χ2v) is 19.3. The Kier molecular flexibility index (Phi) is 11.1. The first-order chi connectivity index (χ1) is 32.6. The number of hydrogen-bond acceptors (Lipinski definition) is 4. The molecule has 0 fully saturated rings. The highest BCUT2D eigenvalue weighted by Crippen LogP contribution is 2.48. The number of rotatable bonds is 10. The average molecular weight is 905 g/mol. The third-order valence-electron chi connectivity index (χ3n) is 12.4. The fourth-order valence-electron chi connectivity index (χ4n) is 9.01. The molecule has 0 aliphatic heterocycles. The molecule has 0 aliphatic rings. The molecule has 68 heavy (non-hydrogen) atoms. The summed E-state index contributed by atoms with van der Waals surface area (Å²) in [5, 5.41) is 6.48. The first-order valence-electron chi connectivity index (χ1n) is 22.6. The molecule has 8 heteroatoms. The lowest BCUT2D eigenvalue weighted by atomic mass is 9.87. The van der Waals surface area contributed by atoms with Gasteiger partial charge in [-0.15, -0.1) is 0 Å². The Bertz CT molecular complexity index is 3180. The van der Waals surface area contributed by atoms with Crippen LogP contribution in [0.5, 0.6) is 23.0 Å². The molecule has 0 spiro atoms. The highest BCUT2D eigenvalue weighted by Gasteiger charge is 2.24. The van der Waals surface area contributed by atoms with Gasteiger partial charge in [-0.25, -0.2) is 17.6 Å². The Hall–Kier alpha value is -7.84. The smallest absolute Gasteiger partial charge is 0.133 e. The van der Waals surface area contributed by atoms with Crippen molar-refractivity contribution in [1.29, 1.82) is 0 Å². The maximum atomic E-state index is 14.1. The lowest BCUT2D eigenvalue weighted by molar-refractivity contribution is 0.467. The van der Waals surface area contributed by atoms with Crippen LogP contribution in [0, 0.1) is 23.3 Å².